The average Bonchev–Trinajstić information content (AvgIpc) is 3.06. The highest BCUT2D eigenvalue weighted by molar-refractivity contribution is 7.71. The molecule has 1 saturated carbocycles. The normalized spacial score (nSPS) is 14.9. The Labute approximate surface area is 99.4 Å². The molecule has 3 N–H and O–H groups in total. The summed E-state index contributed by atoms with van der Waals surface area (Å²) in [5.41, 5.74) is 5.82. The van der Waals surface area contributed by atoms with E-state index >= 15 is 0 Å². The van der Waals surface area contributed by atoms with Gasteiger partial charge in [0.15, 0.2) is 0 Å². The number of amides is 1. The Morgan fingerprint density at radius 3 is 2.76 bits per heavy atom. The molecule has 0 aromatic carbocycles. The predicted octanol–water partition coefficient (Wildman–Crippen LogP) is -0.481. The molecule has 1 aromatic rings. The summed E-state index contributed by atoms with van der Waals surface area (Å²) in [6.45, 7) is 0. The summed E-state index contributed by atoms with van der Waals surface area (Å²) in [6.07, 6.45) is 2.91. The van der Waals surface area contributed by atoms with Crippen LogP contribution in [-0.4, -0.2) is 24.3 Å². The molecule has 1 aliphatic rings. The number of aromatic nitrogens is 2. The highest BCUT2D eigenvalue weighted by Crippen LogP contribution is 2.30. The molecule has 0 bridgehead atoms. The van der Waals surface area contributed by atoms with Gasteiger partial charge < -0.3 is 11.1 Å². The first-order chi connectivity index (χ1) is 8.08. The van der Waals surface area contributed by atoms with Crippen molar-refractivity contribution in [1.29, 1.82) is 0 Å². The number of rotatable bonds is 4. The number of carbonyl (C=O) groups excluding carboxylic acids is 1. The van der Waals surface area contributed by atoms with Gasteiger partial charge in [-0.1, -0.05) is 0 Å². The van der Waals surface area contributed by atoms with Crippen molar-refractivity contribution >= 4 is 28.2 Å². The van der Waals surface area contributed by atoms with E-state index in [1.165, 1.54) is 6.33 Å². The number of nitrogens with one attached hydrogen (secondary N) is 1. The van der Waals surface area contributed by atoms with Crippen LogP contribution in [0.15, 0.2) is 6.33 Å². The largest absolute Gasteiger partial charge is 0.383 e. The van der Waals surface area contributed by atoms with E-state index < -0.39 is 10.7 Å². The third-order valence-corrected chi connectivity index (χ3v) is 3.03. The lowest BCUT2D eigenvalue weighted by Gasteiger charge is -2.08. The van der Waals surface area contributed by atoms with Crippen LogP contribution in [0.1, 0.15) is 18.4 Å². The molecular weight excluding hydrogens is 244 g/mol. The first-order valence-corrected chi connectivity index (χ1v) is 6.46. The topological polar surface area (TPSA) is 115 Å². The van der Waals surface area contributed by atoms with Gasteiger partial charge in [-0.2, -0.15) is 0 Å². The van der Waals surface area contributed by atoms with Crippen LogP contribution in [0.4, 0.5) is 11.6 Å². The van der Waals surface area contributed by atoms with Crippen LogP contribution in [0.25, 0.3) is 0 Å². The Hall–Kier alpha value is -1.70. The standard InChI is InChI=1S/C9H12N4O3S/c10-7-6(3-17(15)16)8(12-4-11-7)13-9(14)5-1-2-5/h4-5,17H,1-3H2,(H3,10,11,12,13,14). The molecule has 7 nitrogen and oxygen atoms in total. The van der Waals surface area contributed by atoms with Gasteiger partial charge in [-0.25, -0.2) is 18.4 Å². The van der Waals surface area contributed by atoms with E-state index in [9.17, 15) is 13.2 Å². The van der Waals surface area contributed by atoms with Gasteiger partial charge in [-0.3, -0.25) is 4.79 Å². The number of nitrogen functional groups attached to an aromatic ring is 1. The van der Waals surface area contributed by atoms with Crippen LogP contribution in [0.3, 0.4) is 0 Å². The van der Waals surface area contributed by atoms with E-state index in [0.717, 1.165) is 12.8 Å². The predicted molar refractivity (Wildman–Crippen MR) is 61.8 cm³/mol. The number of nitrogens with zero attached hydrogens (tertiary/aromatic N) is 2. The molecule has 0 spiro atoms. The average molecular weight is 256 g/mol. The molecular formula is C9H12N4O3S. The van der Waals surface area contributed by atoms with Crippen LogP contribution < -0.4 is 11.1 Å². The summed E-state index contributed by atoms with van der Waals surface area (Å²) in [5, 5.41) is 2.58. The van der Waals surface area contributed by atoms with Crippen molar-refractivity contribution in [3.05, 3.63) is 11.9 Å². The molecule has 0 atom stereocenters. The molecule has 17 heavy (non-hydrogen) atoms. The van der Waals surface area contributed by atoms with Gasteiger partial charge in [-0.05, 0) is 12.8 Å². The monoisotopic (exact) mass is 256 g/mol. The third-order valence-electron chi connectivity index (χ3n) is 2.46. The number of thiol groups is 1. The van der Waals surface area contributed by atoms with Gasteiger partial charge in [0.05, 0.1) is 11.3 Å². The zero-order chi connectivity index (χ0) is 12.4. The minimum atomic E-state index is -2.65. The van der Waals surface area contributed by atoms with E-state index in [1.807, 2.05) is 0 Å². The summed E-state index contributed by atoms with van der Waals surface area (Å²) in [5.74, 6) is -0.146. The summed E-state index contributed by atoms with van der Waals surface area (Å²) in [7, 11) is -2.65. The highest BCUT2D eigenvalue weighted by atomic mass is 32.2. The molecule has 1 aliphatic carbocycles. The maximum atomic E-state index is 11.6. The first kappa shape index (κ1) is 11.8. The minimum absolute atomic E-state index is 0.0139. The van der Waals surface area contributed by atoms with Gasteiger partial charge in [0.1, 0.15) is 28.7 Å². The van der Waals surface area contributed by atoms with Crippen LogP contribution >= 0.6 is 0 Å². The summed E-state index contributed by atoms with van der Waals surface area (Å²) >= 11 is 0. The second-order valence-corrected chi connectivity index (χ2v) is 4.82. The van der Waals surface area contributed by atoms with Crippen LogP contribution in [0.2, 0.25) is 0 Å². The smallest absolute Gasteiger partial charge is 0.228 e. The molecule has 8 heteroatoms. The summed E-state index contributed by atoms with van der Waals surface area (Å²) < 4.78 is 21.4. The molecule has 92 valence electrons. The second kappa shape index (κ2) is 4.66. The van der Waals surface area contributed by atoms with Crippen molar-refractivity contribution in [3.63, 3.8) is 0 Å². The van der Waals surface area contributed by atoms with Crippen molar-refractivity contribution in [2.24, 2.45) is 5.92 Å². The first-order valence-electron chi connectivity index (χ1n) is 5.10. The van der Waals surface area contributed by atoms with E-state index in [0.29, 0.717) is 0 Å². The number of anilines is 2. The van der Waals surface area contributed by atoms with E-state index in [1.54, 1.807) is 0 Å². The molecule has 0 radical (unpaired) electrons. The molecule has 2 rings (SSSR count). The SMILES string of the molecule is Nc1ncnc(NC(=O)C2CC2)c1C[SH](=O)=O. The lowest BCUT2D eigenvalue weighted by atomic mass is 10.3. The Morgan fingerprint density at radius 2 is 2.18 bits per heavy atom. The summed E-state index contributed by atoms with van der Waals surface area (Å²) in [6, 6.07) is 0. The second-order valence-electron chi connectivity index (χ2n) is 3.84. The fourth-order valence-corrected chi connectivity index (χ4v) is 1.95. The van der Waals surface area contributed by atoms with Crippen LogP contribution in [0.5, 0.6) is 0 Å². The minimum Gasteiger partial charge on any atom is -0.383 e. The Morgan fingerprint density at radius 1 is 1.47 bits per heavy atom. The van der Waals surface area contributed by atoms with E-state index in [-0.39, 0.29) is 34.8 Å². The van der Waals surface area contributed by atoms with Crippen molar-refractivity contribution in [2.45, 2.75) is 18.6 Å². The van der Waals surface area contributed by atoms with Gasteiger partial charge in [-0.15, -0.1) is 0 Å². The molecule has 1 amide bonds. The Bertz CT molecular complexity index is 517. The molecule has 0 unspecified atom stereocenters. The van der Waals surface area contributed by atoms with Crippen LogP contribution in [-0.2, 0) is 21.3 Å². The van der Waals surface area contributed by atoms with Crippen molar-refractivity contribution in [2.75, 3.05) is 11.1 Å². The van der Waals surface area contributed by atoms with Gasteiger partial charge in [0.25, 0.3) is 0 Å². The van der Waals surface area contributed by atoms with Gasteiger partial charge in [0.2, 0.25) is 5.91 Å². The molecule has 1 heterocycles. The lowest BCUT2D eigenvalue weighted by Crippen LogP contribution is -2.17. The van der Waals surface area contributed by atoms with Crippen molar-refractivity contribution in [3.8, 4) is 0 Å². The maximum absolute atomic E-state index is 11.6. The number of hydrogen-bond acceptors (Lipinski definition) is 6. The zero-order valence-electron chi connectivity index (χ0n) is 8.92. The van der Waals surface area contributed by atoms with Crippen molar-refractivity contribution in [1.82, 2.24) is 9.97 Å². The summed E-state index contributed by atoms with van der Waals surface area (Å²) in [4.78, 5) is 19.1. The lowest BCUT2D eigenvalue weighted by molar-refractivity contribution is -0.117. The van der Waals surface area contributed by atoms with Crippen molar-refractivity contribution < 1.29 is 13.2 Å². The zero-order valence-corrected chi connectivity index (χ0v) is 9.81. The van der Waals surface area contributed by atoms with Crippen LogP contribution in [0, 0.1) is 5.92 Å². The molecule has 1 aromatic heterocycles. The Kier molecular flexibility index (Phi) is 3.23. The fraction of sp³-hybridized carbons (Fsp3) is 0.444. The van der Waals surface area contributed by atoms with Gasteiger partial charge in [0, 0.05) is 5.92 Å². The quantitative estimate of drug-likeness (QED) is 0.627. The highest BCUT2D eigenvalue weighted by Gasteiger charge is 2.30. The molecule has 1 fully saturated rings. The Balaban J connectivity index is 2.24. The fourth-order valence-electron chi connectivity index (χ4n) is 1.38. The van der Waals surface area contributed by atoms with E-state index in [2.05, 4.69) is 15.3 Å². The van der Waals surface area contributed by atoms with Gasteiger partial charge >= 0.3 is 0 Å². The number of hydrogen-bond donors (Lipinski definition) is 3. The maximum Gasteiger partial charge on any atom is 0.228 e. The third kappa shape index (κ3) is 2.90. The molecule has 0 saturated heterocycles. The number of nitrogens with two attached hydrogens (primary N) is 1. The molecule has 0 aliphatic heterocycles. The van der Waals surface area contributed by atoms with E-state index in [4.69, 9.17) is 5.73 Å². The number of carbonyl (C=O) groups is 1.